The van der Waals surface area contributed by atoms with Gasteiger partial charge in [-0.25, -0.2) is 0 Å². The van der Waals surface area contributed by atoms with Crippen LogP contribution in [0.25, 0.3) is 0 Å². The van der Waals surface area contributed by atoms with Crippen LogP contribution in [0.4, 0.5) is 0 Å². The Labute approximate surface area is 96.7 Å². The van der Waals surface area contributed by atoms with Crippen molar-refractivity contribution >= 4 is 11.8 Å². The minimum Gasteiger partial charge on any atom is -0.379 e. The van der Waals surface area contributed by atoms with Gasteiger partial charge >= 0.3 is 0 Å². The summed E-state index contributed by atoms with van der Waals surface area (Å²) in [5.41, 5.74) is 6.31. The highest BCUT2D eigenvalue weighted by Crippen LogP contribution is 2.38. The van der Waals surface area contributed by atoms with Gasteiger partial charge in [-0.1, -0.05) is 6.92 Å². The van der Waals surface area contributed by atoms with E-state index < -0.39 is 0 Å². The van der Waals surface area contributed by atoms with Crippen molar-refractivity contribution in [2.75, 3.05) is 38.6 Å². The van der Waals surface area contributed by atoms with Crippen molar-refractivity contribution in [1.82, 2.24) is 4.90 Å². The molecule has 2 fully saturated rings. The summed E-state index contributed by atoms with van der Waals surface area (Å²) in [7, 11) is 0. The second-order valence-electron chi connectivity index (χ2n) is 4.52. The van der Waals surface area contributed by atoms with Crippen LogP contribution in [0.5, 0.6) is 0 Å². The Morgan fingerprint density at radius 3 is 2.80 bits per heavy atom. The largest absolute Gasteiger partial charge is 0.379 e. The molecule has 88 valence electrons. The molecule has 3 nitrogen and oxygen atoms in total. The molecule has 2 N–H and O–H groups in total. The Hall–Kier alpha value is 0.230. The SMILES string of the molecule is CC1SCCCC1(CN)N1CCOCC1. The first-order valence-corrected chi connectivity index (χ1v) is 6.99. The smallest absolute Gasteiger partial charge is 0.0594 e. The Morgan fingerprint density at radius 2 is 2.20 bits per heavy atom. The Bertz CT molecular complexity index is 209. The van der Waals surface area contributed by atoms with Crippen LogP contribution < -0.4 is 5.73 Å². The van der Waals surface area contributed by atoms with Crippen molar-refractivity contribution in [1.29, 1.82) is 0 Å². The molecule has 4 heteroatoms. The first-order valence-electron chi connectivity index (χ1n) is 5.94. The van der Waals surface area contributed by atoms with Crippen LogP contribution in [0.15, 0.2) is 0 Å². The van der Waals surface area contributed by atoms with Crippen molar-refractivity contribution < 1.29 is 4.74 Å². The summed E-state index contributed by atoms with van der Waals surface area (Å²) in [6.45, 7) is 7.00. The van der Waals surface area contributed by atoms with E-state index in [4.69, 9.17) is 10.5 Å². The van der Waals surface area contributed by atoms with E-state index in [1.54, 1.807) is 0 Å². The number of rotatable bonds is 2. The summed E-state index contributed by atoms with van der Waals surface area (Å²) >= 11 is 2.08. The van der Waals surface area contributed by atoms with Gasteiger partial charge in [0, 0.05) is 30.4 Å². The molecule has 2 aliphatic rings. The van der Waals surface area contributed by atoms with Gasteiger partial charge in [-0.15, -0.1) is 0 Å². The molecule has 0 radical (unpaired) electrons. The Morgan fingerprint density at radius 1 is 1.47 bits per heavy atom. The summed E-state index contributed by atoms with van der Waals surface area (Å²) in [4.78, 5) is 2.58. The van der Waals surface area contributed by atoms with E-state index in [1.165, 1.54) is 18.6 Å². The van der Waals surface area contributed by atoms with Gasteiger partial charge < -0.3 is 10.5 Å². The van der Waals surface area contributed by atoms with E-state index in [2.05, 4.69) is 23.6 Å². The maximum atomic E-state index is 6.06. The summed E-state index contributed by atoms with van der Waals surface area (Å²) in [5, 5.41) is 0.661. The van der Waals surface area contributed by atoms with Gasteiger partial charge in [0.25, 0.3) is 0 Å². The first kappa shape index (κ1) is 11.7. The maximum absolute atomic E-state index is 6.06. The highest BCUT2D eigenvalue weighted by molar-refractivity contribution is 8.00. The standard InChI is InChI=1S/C11H22N2OS/c1-10-11(9-12,3-2-8-15-10)13-4-6-14-7-5-13/h10H,2-9,12H2,1H3. The third-order valence-corrected chi connectivity index (χ3v) is 5.34. The van der Waals surface area contributed by atoms with E-state index in [1.807, 2.05) is 0 Å². The van der Waals surface area contributed by atoms with Crippen LogP contribution in [0.3, 0.4) is 0 Å². The lowest BCUT2D eigenvalue weighted by atomic mass is 9.87. The van der Waals surface area contributed by atoms with Gasteiger partial charge in [-0.2, -0.15) is 11.8 Å². The highest BCUT2D eigenvalue weighted by atomic mass is 32.2. The minimum atomic E-state index is 0.243. The third kappa shape index (κ3) is 2.18. The topological polar surface area (TPSA) is 38.5 Å². The lowest BCUT2D eigenvalue weighted by molar-refractivity contribution is -0.0237. The molecular formula is C11H22N2OS. The van der Waals surface area contributed by atoms with Crippen LogP contribution in [0.1, 0.15) is 19.8 Å². The quantitative estimate of drug-likeness (QED) is 0.766. The number of nitrogens with two attached hydrogens (primary N) is 1. The number of nitrogens with zero attached hydrogens (tertiary/aromatic N) is 1. The van der Waals surface area contributed by atoms with Crippen molar-refractivity contribution in [2.24, 2.45) is 5.73 Å². The summed E-state index contributed by atoms with van der Waals surface area (Å²) in [6.07, 6.45) is 2.57. The molecule has 2 aliphatic heterocycles. The molecule has 0 saturated carbocycles. The molecule has 2 rings (SSSR count). The monoisotopic (exact) mass is 230 g/mol. The molecule has 15 heavy (non-hydrogen) atoms. The molecule has 2 atom stereocenters. The molecule has 2 heterocycles. The van der Waals surface area contributed by atoms with E-state index >= 15 is 0 Å². The Balaban J connectivity index is 2.10. The van der Waals surface area contributed by atoms with E-state index in [-0.39, 0.29) is 5.54 Å². The average Bonchev–Trinajstić information content (AvgIpc) is 2.31. The fourth-order valence-electron chi connectivity index (χ4n) is 2.82. The predicted molar refractivity (Wildman–Crippen MR) is 65.3 cm³/mol. The van der Waals surface area contributed by atoms with E-state index in [0.29, 0.717) is 5.25 Å². The summed E-state index contributed by atoms with van der Waals surface area (Å²) in [6, 6.07) is 0. The second-order valence-corrected chi connectivity index (χ2v) is 5.97. The van der Waals surface area contributed by atoms with Crippen LogP contribution in [0, 0.1) is 0 Å². The fourth-order valence-corrected chi connectivity index (χ4v) is 4.16. The van der Waals surface area contributed by atoms with E-state index in [0.717, 1.165) is 32.8 Å². The first-order chi connectivity index (χ1) is 7.29. The number of thioether (sulfide) groups is 1. The molecule has 2 unspecified atom stereocenters. The lowest BCUT2D eigenvalue weighted by Crippen LogP contribution is -2.63. The molecule has 0 aliphatic carbocycles. The predicted octanol–water partition coefficient (Wildman–Crippen LogP) is 0.932. The zero-order valence-corrected chi connectivity index (χ0v) is 10.4. The van der Waals surface area contributed by atoms with Crippen molar-refractivity contribution in [3.05, 3.63) is 0 Å². The minimum absolute atomic E-state index is 0.243. The van der Waals surface area contributed by atoms with Crippen molar-refractivity contribution in [2.45, 2.75) is 30.6 Å². The zero-order valence-electron chi connectivity index (χ0n) is 9.58. The Kier molecular flexibility index (Phi) is 3.93. The molecule has 0 bridgehead atoms. The molecular weight excluding hydrogens is 208 g/mol. The maximum Gasteiger partial charge on any atom is 0.0594 e. The highest BCUT2D eigenvalue weighted by Gasteiger charge is 2.42. The van der Waals surface area contributed by atoms with E-state index in [9.17, 15) is 0 Å². The third-order valence-electron chi connectivity index (χ3n) is 3.87. The van der Waals surface area contributed by atoms with Crippen LogP contribution in [-0.4, -0.2) is 54.3 Å². The number of hydrogen-bond donors (Lipinski definition) is 1. The molecule has 0 spiro atoms. The van der Waals surface area contributed by atoms with Gasteiger partial charge in [0.05, 0.1) is 13.2 Å². The molecule has 2 saturated heterocycles. The molecule has 0 aromatic rings. The average molecular weight is 230 g/mol. The molecule has 0 aromatic carbocycles. The van der Waals surface area contributed by atoms with Crippen LogP contribution in [-0.2, 0) is 4.74 Å². The van der Waals surface area contributed by atoms with Gasteiger partial charge in [0.2, 0.25) is 0 Å². The van der Waals surface area contributed by atoms with Crippen LogP contribution in [0.2, 0.25) is 0 Å². The lowest BCUT2D eigenvalue weighted by Gasteiger charge is -2.50. The number of morpholine rings is 1. The zero-order chi connectivity index (χ0) is 10.7. The summed E-state index contributed by atoms with van der Waals surface area (Å²) in [5.74, 6) is 1.30. The molecule has 0 amide bonds. The van der Waals surface area contributed by atoms with Crippen molar-refractivity contribution in [3.63, 3.8) is 0 Å². The van der Waals surface area contributed by atoms with Crippen molar-refractivity contribution in [3.8, 4) is 0 Å². The number of hydrogen-bond acceptors (Lipinski definition) is 4. The number of ether oxygens (including phenoxy) is 1. The van der Waals surface area contributed by atoms with Gasteiger partial charge in [-0.05, 0) is 18.6 Å². The van der Waals surface area contributed by atoms with Crippen LogP contribution >= 0.6 is 11.8 Å². The molecule has 0 aromatic heterocycles. The normalized spacial score (nSPS) is 39.2. The van der Waals surface area contributed by atoms with Gasteiger partial charge in [0.1, 0.15) is 0 Å². The second kappa shape index (κ2) is 5.04. The van der Waals surface area contributed by atoms with Gasteiger partial charge in [0.15, 0.2) is 0 Å². The van der Waals surface area contributed by atoms with Gasteiger partial charge in [-0.3, -0.25) is 4.90 Å². The summed E-state index contributed by atoms with van der Waals surface area (Å²) < 4.78 is 5.43. The fraction of sp³-hybridized carbons (Fsp3) is 1.00.